The van der Waals surface area contributed by atoms with Crippen LogP contribution >= 0.6 is 0 Å². The maximum absolute atomic E-state index is 13.9. The van der Waals surface area contributed by atoms with Gasteiger partial charge in [-0.1, -0.05) is 38.1 Å². The van der Waals surface area contributed by atoms with Gasteiger partial charge in [-0.15, -0.1) is 0 Å². The first-order valence-corrected chi connectivity index (χ1v) is 9.72. The summed E-state index contributed by atoms with van der Waals surface area (Å²) >= 11 is 0. The van der Waals surface area contributed by atoms with E-state index in [1.54, 1.807) is 7.11 Å². The zero-order valence-corrected chi connectivity index (χ0v) is 17.2. The molecule has 3 nitrogen and oxygen atoms in total. The van der Waals surface area contributed by atoms with Crippen LogP contribution in [0.3, 0.4) is 0 Å². The fourth-order valence-corrected chi connectivity index (χ4v) is 3.49. The van der Waals surface area contributed by atoms with Crippen molar-refractivity contribution in [2.45, 2.75) is 40.2 Å². The summed E-state index contributed by atoms with van der Waals surface area (Å²) in [7, 11) is 1.57. The van der Waals surface area contributed by atoms with Crippen LogP contribution in [0.4, 0.5) is 8.78 Å². The molecule has 0 saturated heterocycles. The summed E-state index contributed by atoms with van der Waals surface area (Å²) in [4.78, 5) is 4.78. The maximum Gasteiger partial charge on any atom is 0.191 e. The molecule has 0 saturated carbocycles. The minimum absolute atomic E-state index is 0.0454. The topological polar surface area (TPSA) is 31.4 Å². The molecule has 0 radical (unpaired) electrons. The molecule has 0 aliphatic carbocycles. The number of halogens is 2. The molecule has 0 atom stereocenters. The van der Waals surface area contributed by atoms with E-state index in [4.69, 9.17) is 14.5 Å². The van der Waals surface area contributed by atoms with Crippen LogP contribution in [-0.4, -0.2) is 12.1 Å². The molecule has 5 heteroatoms. The minimum Gasteiger partial charge on any atom is -0.496 e. The lowest BCUT2D eigenvalue weighted by Crippen LogP contribution is -2.07. The molecule has 0 bridgehead atoms. The Bertz CT molecular complexity index is 976. The molecule has 0 aliphatic rings. The van der Waals surface area contributed by atoms with E-state index in [2.05, 4.69) is 32.0 Å². The average molecular weight is 397 g/mol. The molecule has 152 valence electrons. The van der Waals surface area contributed by atoms with Crippen LogP contribution in [0.25, 0.3) is 11.3 Å². The summed E-state index contributed by atoms with van der Waals surface area (Å²) in [5.74, 6) is -1.30. The van der Waals surface area contributed by atoms with Crippen molar-refractivity contribution >= 4 is 0 Å². The van der Waals surface area contributed by atoms with E-state index in [1.807, 2.05) is 13.0 Å². The minimum atomic E-state index is -0.740. The summed E-state index contributed by atoms with van der Waals surface area (Å²) in [6, 6.07) is 11.8. The van der Waals surface area contributed by atoms with E-state index in [1.165, 1.54) is 17.2 Å². The molecule has 0 spiro atoms. The first kappa shape index (κ1) is 20.8. The van der Waals surface area contributed by atoms with Gasteiger partial charge in [0.2, 0.25) is 0 Å². The number of aromatic nitrogens is 1. The number of para-hydroxylation sites is 1. The number of hydrogen-bond donors (Lipinski definition) is 0. The largest absolute Gasteiger partial charge is 0.496 e. The maximum atomic E-state index is 13.9. The lowest BCUT2D eigenvalue weighted by Gasteiger charge is -2.18. The van der Waals surface area contributed by atoms with Crippen molar-refractivity contribution < 1.29 is 18.3 Å². The van der Waals surface area contributed by atoms with Gasteiger partial charge in [0.25, 0.3) is 0 Å². The third-order valence-electron chi connectivity index (χ3n) is 5.04. The smallest absolute Gasteiger partial charge is 0.191 e. The first-order valence-electron chi connectivity index (χ1n) is 9.72. The highest BCUT2D eigenvalue weighted by Crippen LogP contribution is 2.33. The SMILES string of the molecule is CCc1cccc(CC)c1-c1cc(OC)c(COc2c(F)cccc2F)c(C)n1. The van der Waals surface area contributed by atoms with Crippen molar-refractivity contribution in [2.75, 3.05) is 7.11 Å². The number of methoxy groups -OCH3 is 1. The second-order valence-corrected chi connectivity index (χ2v) is 6.77. The molecular weight excluding hydrogens is 372 g/mol. The van der Waals surface area contributed by atoms with Crippen LogP contribution in [0.1, 0.15) is 36.2 Å². The van der Waals surface area contributed by atoms with E-state index in [0.717, 1.165) is 36.2 Å². The standard InChI is InChI=1S/C24H25F2NO2/c1-5-16-9-7-10-17(6-2)23(16)21-13-22(28-4)18(15(3)27-21)14-29-24-19(25)11-8-12-20(24)26/h7-13H,5-6,14H2,1-4H3. The Morgan fingerprint density at radius 2 is 1.52 bits per heavy atom. The van der Waals surface area contributed by atoms with Gasteiger partial charge in [-0.25, -0.2) is 8.78 Å². The van der Waals surface area contributed by atoms with Crippen LogP contribution in [0.2, 0.25) is 0 Å². The van der Waals surface area contributed by atoms with Crippen LogP contribution in [-0.2, 0) is 19.4 Å². The van der Waals surface area contributed by atoms with Gasteiger partial charge < -0.3 is 9.47 Å². The van der Waals surface area contributed by atoms with E-state index < -0.39 is 17.4 Å². The molecule has 0 fully saturated rings. The highest BCUT2D eigenvalue weighted by atomic mass is 19.1. The Morgan fingerprint density at radius 1 is 0.931 bits per heavy atom. The van der Waals surface area contributed by atoms with E-state index in [-0.39, 0.29) is 6.61 Å². The predicted octanol–water partition coefficient (Wildman–Crippen LogP) is 6.05. The van der Waals surface area contributed by atoms with Crippen LogP contribution < -0.4 is 9.47 Å². The lowest BCUT2D eigenvalue weighted by atomic mass is 9.94. The summed E-state index contributed by atoms with van der Waals surface area (Å²) in [6.45, 7) is 6.04. The highest BCUT2D eigenvalue weighted by molar-refractivity contribution is 5.70. The van der Waals surface area contributed by atoms with Crippen molar-refractivity contribution in [3.8, 4) is 22.8 Å². The van der Waals surface area contributed by atoms with E-state index in [9.17, 15) is 8.78 Å². The van der Waals surface area contributed by atoms with Gasteiger partial charge in [0, 0.05) is 17.3 Å². The summed E-state index contributed by atoms with van der Waals surface area (Å²) in [5, 5.41) is 0. The fourth-order valence-electron chi connectivity index (χ4n) is 3.49. The van der Waals surface area contributed by atoms with Crippen molar-refractivity contribution in [1.82, 2.24) is 4.98 Å². The molecule has 1 aromatic heterocycles. The molecule has 0 N–H and O–H groups in total. The van der Waals surface area contributed by atoms with Gasteiger partial charge in [0.15, 0.2) is 17.4 Å². The Labute approximate surface area is 170 Å². The normalized spacial score (nSPS) is 10.8. The molecule has 3 aromatic rings. The number of ether oxygens (including phenoxy) is 2. The van der Waals surface area contributed by atoms with Gasteiger partial charge in [0.05, 0.1) is 18.4 Å². The Morgan fingerprint density at radius 3 is 2.07 bits per heavy atom. The zero-order chi connectivity index (χ0) is 21.0. The number of benzene rings is 2. The van der Waals surface area contributed by atoms with Gasteiger partial charge in [-0.05, 0) is 43.0 Å². The summed E-state index contributed by atoms with van der Waals surface area (Å²) in [6.07, 6.45) is 1.78. The van der Waals surface area contributed by atoms with Crippen molar-refractivity contribution in [2.24, 2.45) is 0 Å². The third kappa shape index (κ3) is 4.24. The predicted molar refractivity (Wildman–Crippen MR) is 110 cm³/mol. The summed E-state index contributed by atoms with van der Waals surface area (Å²) < 4.78 is 38.8. The Kier molecular flexibility index (Phi) is 6.47. The molecule has 1 heterocycles. The monoisotopic (exact) mass is 397 g/mol. The molecule has 29 heavy (non-hydrogen) atoms. The molecule has 2 aromatic carbocycles. The second-order valence-electron chi connectivity index (χ2n) is 6.77. The highest BCUT2D eigenvalue weighted by Gasteiger charge is 2.18. The zero-order valence-electron chi connectivity index (χ0n) is 17.2. The second kappa shape index (κ2) is 9.03. The van der Waals surface area contributed by atoms with Crippen LogP contribution in [0, 0.1) is 18.6 Å². The first-order chi connectivity index (χ1) is 14.0. The Balaban J connectivity index is 2.01. The number of aryl methyl sites for hydroxylation is 3. The molecule has 0 unspecified atom stereocenters. The van der Waals surface area contributed by atoms with Crippen molar-refractivity contribution in [3.63, 3.8) is 0 Å². The van der Waals surface area contributed by atoms with Crippen LogP contribution in [0.5, 0.6) is 11.5 Å². The van der Waals surface area contributed by atoms with Gasteiger partial charge in [0.1, 0.15) is 12.4 Å². The number of nitrogens with zero attached hydrogens (tertiary/aromatic N) is 1. The molecular formula is C24H25F2NO2. The molecule has 0 amide bonds. The lowest BCUT2D eigenvalue weighted by molar-refractivity contribution is 0.266. The molecule has 0 aliphatic heterocycles. The number of rotatable bonds is 7. The third-order valence-corrected chi connectivity index (χ3v) is 5.04. The van der Waals surface area contributed by atoms with Gasteiger partial charge in [-0.2, -0.15) is 0 Å². The number of pyridine rings is 1. The van der Waals surface area contributed by atoms with Gasteiger partial charge in [-0.3, -0.25) is 4.98 Å². The van der Waals surface area contributed by atoms with Crippen molar-refractivity contribution in [3.05, 3.63) is 76.5 Å². The average Bonchev–Trinajstić information content (AvgIpc) is 2.73. The quantitative estimate of drug-likeness (QED) is 0.486. The summed E-state index contributed by atoms with van der Waals surface area (Å²) in [5.41, 5.74) is 5.74. The molecule has 3 rings (SSSR count). The van der Waals surface area contributed by atoms with Crippen LogP contribution in [0.15, 0.2) is 42.5 Å². The Hall–Kier alpha value is -2.95. The van der Waals surface area contributed by atoms with Crippen molar-refractivity contribution in [1.29, 1.82) is 0 Å². The fraction of sp³-hybridized carbons (Fsp3) is 0.292. The van der Waals surface area contributed by atoms with E-state index >= 15 is 0 Å². The number of hydrogen-bond acceptors (Lipinski definition) is 3. The van der Waals surface area contributed by atoms with Gasteiger partial charge >= 0.3 is 0 Å². The van der Waals surface area contributed by atoms with E-state index in [0.29, 0.717) is 17.0 Å².